The lowest BCUT2D eigenvalue weighted by Gasteiger charge is -2.14. The molecule has 2 aromatic carbocycles. The highest BCUT2D eigenvalue weighted by Gasteiger charge is 2.26. The van der Waals surface area contributed by atoms with Crippen LogP contribution in [0.1, 0.15) is 29.5 Å². The first kappa shape index (κ1) is 13.5. The van der Waals surface area contributed by atoms with Gasteiger partial charge in [-0.1, -0.05) is 6.92 Å². The Hall–Kier alpha value is -2.89. The molecule has 122 valence electrons. The molecule has 0 fully saturated rings. The van der Waals surface area contributed by atoms with Crippen LogP contribution in [0.3, 0.4) is 0 Å². The van der Waals surface area contributed by atoms with Crippen LogP contribution in [0.4, 0.5) is 0 Å². The summed E-state index contributed by atoms with van der Waals surface area (Å²) in [6.07, 6.45) is 0. The van der Waals surface area contributed by atoms with E-state index in [1.807, 2.05) is 24.3 Å². The Morgan fingerprint density at radius 2 is 1.62 bits per heavy atom. The first-order valence-corrected chi connectivity index (χ1v) is 7.94. The van der Waals surface area contributed by atoms with E-state index >= 15 is 0 Å². The Kier molecular flexibility index (Phi) is 2.85. The highest BCUT2D eigenvalue weighted by atomic mass is 16.7. The largest absolute Gasteiger partial charge is 0.454 e. The lowest BCUT2D eigenvalue weighted by molar-refractivity contribution is 0.173. The summed E-state index contributed by atoms with van der Waals surface area (Å²) in [5.74, 6) is 3.38. The van der Waals surface area contributed by atoms with Crippen molar-refractivity contribution in [1.29, 1.82) is 0 Å². The molecule has 6 nitrogen and oxygen atoms in total. The molecule has 0 amide bonds. The van der Waals surface area contributed by atoms with Gasteiger partial charge >= 0.3 is 0 Å². The van der Waals surface area contributed by atoms with Gasteiger partial charge in [0.05, 0.1) is 5.71 Å². The van der Waals surface area contributed by atoms with Crippen LogP contribution in [0.5, 0.6) is 23.0 Å². The molecule has 2 aromatic rings. The van der Waals surface area contributed by atoms with Gasteiger partial charge in [0.2, 0.25) is 13.6 Å². The van der Waals surface area contributed by atoms with Crippen molar-refractivity contribution in [2.24, 2.45) is 5.10 Å². The number of benzene rings is 2. The summed E-state index contributed by atoms with van der Waals surface area (Å²) in [4.78, 5) is 0. The van der Waals surface area contributed by atoms with E-state index in [9.17, 15) is 0 Å². The van der Waals surface area contributed by atoms with E-state index in [4.69, 9.17) is 18.9 Å². The fourth-order valence-electron chi connectivity index (χ4n) is 3.27. The summed E-state index contributed by atoms with van der Waals surface area (Å²) < 4.78 is 22.0. The van der Waals surface area contributed by atoms with Crippen LogP contribution in [0.15, 0.2) is 35.4 Å². The van der Waals surface area contributed by atoms with Crippen molar-refractivity contribution in [2.45, 2.75) is 12.8 Å². The van der Waals surface area contributed by atoms with E-state index in [1.165, 1.54) is 5.56 Å². The Morgan fingerprint density at radius 3 is 2.46 bits per heavy atom. The zero-order chi connectivity index (χ0) is 16.1. The fraction of sp³-hybridized carbons (Fsp3) is 0.278. The van der Waals surface area contributed by atoms with E-state index in [1.54, 1.807) is 0 Å². The summed E-state index contributed by atoms with van der Waals surface area (Å²) in [5.41, 5.74) is 7.26. The van der Waals surface area contributed by atoms with Crippen molar-refractivity contribution < 1.29 is 18.9 Å². The first-order valence-electron chi connectivity index (χ1n) is 7.94. The maximum absolute atomic E-state index is 5.56. The Labute approximate surface area is 139 Å². The van der Waals surface area contributed by atoms with Crippen molar-refractivity contribution in [1.82, 2.24) is 5.43 Å². The minimum Gasteiger partial charge on any atom is -0.454 e. The van der Waals surface area contributed by atoms with E-state index in [0.717, 1.165) is 46.4 Å². The molecule has 3 aliphatic heterocycles. The predicted octanol–water partition coefficient (Wildman–Crippen LogP) is 2.60. The molecule has 3 heterocycles. The number of hydrogen-bond donors (Lipinski definition) is 1. The lowest BCUT2D eigenvalue weighted by Crippen LogP contribution is -2.12. The summed E-state index contributed by atoms with van der Waals surface area (Å²) in [6, 6.07) is 9.97. The van der Waals surface area contributed by atoms with Crippen LogP contribution in [0.25, 0.3) is 0 Å². The smallest absolute Gasteiger partial charge is 0.231 e. The maximum atomic E-state index is 5.56. The second kappa shape index (κ2) is 5.06. The minimum atomic E-state index is 0.260. The fourth-order valence-corrected chi connectivity index (χ4v) is 3.27. The molecule has 0 spiro atoms. The van der Waals surface area contributed by atoms with Crippen molar-refractivity contribution in [3.63, 3.8) is 0 Å². The zero-order valence-electron chi connectivity index (χ0n) is 13.2. The van der Waals surface area contributed by atoms with Crippen molar-refractivity contribution in [3.8, 4) is 23.0 Å². The molecule has 3 aliphatic rings. The van der Waals surface area contributed by atoms with Gasteiger partial charge in [0.15, 0.2) is 23.0 Å². The summed E-state index contributed by atoms with van der Waals surface area (Å²) in [5, 5.41) is 4.61. The van der Waals surface area contributed by atoms with Crippen LogP contribution in [-0.2, 0) is 0 Å². The second-order valence-corrected chi connectivity index (χ2v) is 6.08. The molecule has 0 radical (unpaired) electrons. The highest BCUT2D eigenvalue weighted by Crippen LogP contribution is 2.40. The van der Waals surface area contributed by atoms with Gasteiger partial charge in [-0.05, 0) is 35.9 Å². The number of hydrazone groups is 1. The van der Waals surface area contributed by atoms with Gasteiger partial charge in [-0.3, -0.25) is 0 Å². The highest BCUT2D eigenvalue weighted by molar-refractivity contribution is 6.14. The van der Waals surface area contributed by atoms with Crippen LogP contribution < -0.4 is 24.4 Å². The quantitative estimate of drug-likeness (QED) is 0.874. The second-order valence-electron chi connectivity index (χ2n) is 6.08. The summed E-state index contributed by atoms with van der Waals surface area (Å²) in [6.45, 7) is 3.46. The molecule has 24 heavy (non-hydrogen) atoms. The molecule has 0 saturated heterocycles. The minimum absolute atomic E-state index is 0.260. The van der Waals surface area contributed by atoms with E-state index < -0.39 is 0 Å². The molecule has 1 atom stereocenters. The summed E-state index contributed by atoms with van der Waals surface area (Å²) >= 11 is 0. The molecular weight excluding hydrogens is 308 g/mol. The number of rotatable bonds is 1. The SMILES string of the molecule is CC1CNN=C(c2ccc3c(c2)OCO3)c2cc3c(cc21)OCO3. The van der Waals surface area contributed by atoms with Crippen LogP contribution >= 0.6 is 0 Å². The molecule has 0 bridgehead atoms. The maximum Gasteiger partial charge on any atom is 0.231 e. The third kappa shape index (κ3) is 1.99. The molecule has 0 aromatic heterocycles. The number of ether oxygens (including phenoxy) is 4. The monoisotopic (exact) mass is 324 g/mol. The molecule has 5 rings (SSSR count). The number of fused-ring (bicyclic) bond motifs is 3. The van der Waals surface area contributed by atoms with Gasteiger partial charge in [-0.15, -0.1) is 0 Å². The van der Waals surface area contributed by atoms with Crippen LogP contribution in [-0.4, -0.2) is 25.8 Å². The molecule has 0 saturated carbocycles. The van der Waals surface area contributed by atoms with Gasteiger partial charge < -0.3 is 24.4 Å². The predicted molar refractivity (Wildman–Crippen MR) is 87.2 cm³/mol. The van der Waals surface area contributed by atoms with Gasteiger partial charge in [-0.2, -0.15) is 5.10 Å². The number of nitrogens with one attached hydrogen (secondary N) is 1. The lowest BCUT2D eigenvalue weighted by atomic mass is 9.90. The third-order valence-corrected chi connectivity index (χ3v) is 4.57. The molecule has 1 unspecified atom stereocenters. The van der Waals surface area contributed by atoms with E-state index in [2.05, 4.69) is 23.5 Å². The Bertz CT molecular complexity index is 862. The van der Waals surface area contributed by atoms with E-state index in [0.29, 0.717) is 5.92 Å². The average Bonchev–Trinajstić information content (AvgIpc) is 3.21. The molecule has 0 aliphatic carbocycles. The van der Waals surface area contributed by atoms with Crippen LogP contribution in [0.2, 0.25) is 0 Å². The van der Waals surface area contributed by atoms with Gasteiger partial charge in [0.25, 0.3) is 0 Å². The third-order valence-electron chi connectivity index (χ3n) is 4.57. The van der Waals surface area contributed by atoms with Crippen molar-refractivity contribution >= 4 is 5.71 Å². The van der Waals surface area contributed by atoms with Gasteiger partial charge in [0.1, 0.15) is 0 Å². The first-order chi connectivity index (χ1) is 11.8. The Morgan fingerprint density at radius 1 is 0.917 bits per heavy atom. The molecule has 1 N–H and O–H groups in total. The van der Waals surface area contributed by atoms with Crippen molar-refractivity contribution in [3.05, 3.63) is 47.0 Å². The Balaban J connectivity index is 1.67. The van der Waals surface area contributed by atoms with Gasteiger partial charge in [0, 0.05) is 23.6 Å². The topological polar surface area (TPSA) is 61.3 Å². The number of hydrogen-bond acceptors (Lipinski definition) is 6. The number of nitrogens with zero attached hydrogens (tertiary/aromatic N) is 1. The standard InChI is InChI=1S/C18H16N2O4/c1-10-7-19-20-18(11-2-3-14-15(4-11)22-8-21-14)13-6-17-16(5-12(10)13)23-9-24-17/h2-6,10,19H,7-9H2,1H3. The normalized spacial score (nSPS) is 20.0. The van der Waals surface area contributed by atoms with Crippen molar-refractivity contribution in [2.75, 3.05) is 20.1 Å². The summed E-state index contributed by atoms with van der Waals surface area (Å²) in [7, 11) is 0. The van der Waals surface area contributed by atoms with E-state index in [-0.39, 0.29) is 13.6 Å². The van der Waals surface area contributed by atoms with Gasteiger partial charge in [-0.25, -0.2) is 0 Å². The zero-order valence-corrected chi connectivity index (χ0v) is 13.2. The average molecular weight is 324 g/mol. The van der Waals surface area contributed by atoms with Crippen LogP contribution in [0, 0.1) is 0 Å². The molecular formula is C18H16N2O4. The molecule has 6 heteroatoms.